The minimum atomic E-state index is 0.914. The summed E-state index contributed by atoms with van der Waals surface area (Å²) in [5, 5.41) is 12.8. The molecule has 0 atom stereocenters. The molecule has 0 saturated heterocycles. The van der Waals surface area contributed by atoms with Crippen LogP contribution in [0.1, 0.15) is 11.1 Å². The maximum atomic E-state index is 2.56. The van der Waals surface area contributed by atoms with Crippen molar-refractivity contribution in [3.05, 3.63) is 205 Å². The van der Waals surface area contributed by atoms with Crippen LogP contribution in [0.3, 0.4) is 0 Å². The van der Waals surface area contributed by atoms with Crippen molar-refractivity contribution < 1.29 is 0 Å². The van der Waals surface area contributed by atoms with Gasteiger partial charge in [0.2, 0.25) is 0 Å². The molecule has 2 heteroatoms. The van der Waals surface area contributed by atoms with Gasteiger partial charge in [0, 0.05) is 32.9 Å². The highest BCUT2D eigenvalue weighted by Crippen LogP contribution is 2.47. The molecule has 0 saturated carbocycles. The number of aromatic nitrogens is 2. The Morgan fingerprint density at radius 2 is 0.772 bits per heavy atom. The number of hydrogen-bond donors (Lipinski definition) is 0. The van der Waals surface area contributed by atoms with Crippen LogP contribution < -0.4 is 0 Å². The van der Waals surface area contributed by atoms with E-state index >= 15 is 0 Å². The average Bonchev–Trinajstić information content (AvgIpc) is 3.94. The van der Waals surface area contributed by atoms with Crippen molar-refractivity contribution in [3.8, 4) is 33.6 Å². The standard InChI is InChI=1S/C55H34N2/c1-2-15-36(16-3-1)56-52-24-12-10-22-44(52)46-28-29-47-45-23-11-13-25-53(45)57(55(47)54(46)56)37-32-48(50-30-34-14-4-5-17-38(34)51(50)33-37)35-26-27-43-41-20-7-6-18-39(41)40-19-8-9-21-42(40)49(43)31-35/h1-29,31-33H,30H2. The zero-order valence-corrected chi connectivity index (χ0v) is 31.1. The molecule has 2 aromatic heterocycles. The quantitative estimate of drug-likeness (QED) is 0.161. The highest BCUT2D eigenvalue weighted by atomic mass is 15.0. The monoisotopic (exact) mass is 722 g/mol. The van der Waals surface area contributed by atoms with E-state index in [1.807, 2.05) is 0 Å². The van der Waals surface area contributed by atoms with Gasteiger partial charge in [0.05, 0.1) is 22.1 Å². The second kappa shape index (κ2) is 11.6. The normalized spacial score (nSPS) is 12.5. The zero-order valence-electron chi connectivity index (χ0n) is 31.1. The molecule has 264 valence electrons. The smallest absolute Gasteiger partial charge is 0.0788 e. The summed E-state index contributed by atoms with van der Waals surface area (Å²) in [5.41, 5.74) is 15.2. The average molecular weight is 723 g/mol. The molecule has 57 heavy (non-hydrogen) atoms. The fourth-order valence-electron chi connectivity index (χ4n) is 10.3. The topological polar surface area (TPSA) is 9.86 Å². The van der Waals surface area contributed by atoms with Gasteiger partial charge in [-0.05, 0) is 115 Å². The molecule has 10 aromatic carbocycles. The highest BCUT2D eigenvalue weighted by molar-refractivity contribution is 6.26. The Balaban J connectivity index is 1.17. The van der Waals surface area contributed by atoms with Crippen molar-refractivity contribution in [2.24, 2.45) is 0 Å². The molecule has 12 aromatic rings. The Hall–Kier alpha value is -7.42. The molecular formula is C55H34N2. The lowest BCUT2D eigenvalue weighted by molar-refractivity contribution is 1.15. The molecule has 0 bridgehead atoms. The maximum absolute atomic E-state index is 2.56. The van der Waals surface area contributed by atoms with Gasteiger partial charge >= 0.3 is 0 Å². The number of nitrogens with zero attached hydrogens (tertiary/aromatic N) is 2. The minimum Gasteiger partial charge on any atom is -0.307 e. The van der Waals surface area contributed by atoms with Crippen molar-refractivity contribution in [2.75, 3.05) is 0 Å². The molecule has 0 amide bonds. The molecule has 0 radical (unpaired) electrons. The Morgan fingerprint density at radius 3 is 1.42 bits per heavy atom. The van der Waals surface area contributed by atoms with E-state index in [-0.39, 0.29) is 0 Å². The summed E-state index contributed by atoms with van der Waals surface area (Å²) < 4.78 is 5.03. The molecule has 0 spiro atoms. The Kier molecular flexibility index (Phi) is 6.25. The van der Waals surface area contributed by atoms with Gasteiger partial charge in [-0.2, -0.15) is 0 Å². The molecule has 0 unspecified atom stereocenters. The summed E-state index contributed by atoms with van der Waals surface area (Å²) in [6, 6.07) is 72.2. The molecule has 1 aliphatic carbocycles. The summed E-state index contributed by atoms with van der Waals surface area (Å²) in [5.74, 6) is 0. The van der Waals surface area contributed by atoms with Gasteiger partial charge in [-0.3, -0.25) is 0 Å². The first kappa shape index (κ1) is 30.9. The first-order chi connectivity index (χ1) is 28.3. The Morgan fingerprint density at radius 1 is 0.298 bits per heavy atom. The van der Waals surface area contributed by atoms with Crippen LogP contribution in [0, 0.1) is 0 Å². The maximum Gasteiger partial charge on any atom is 0.0788 e. The SMILES string of the molecule is c1ccc(-n2c3ccccc3c3ccc4c5ccccc5n(-c5cc(-c6ccc7c8ccccc8c8ccccc8c7c6)c6c(c5)-c5ccccc5C6)c4c32)cc1. The number of benzene rings is 10. The summed E-state index contributed by atoms with van der Waals surface area (Å²) in [7, 11) is 0. The van der Waals surface area contributed by atoms with Crippen LogP contribution in [0.15, 0.2) is 194 Å². The third kappa shape index (κ3) is 4.24. The van der Waals surface area contributed by atoms with Gasteiger partial charge in [-0.15, -0.1) is 0 Å². The molecule has 0 N–H and O–H groups in total. The summed E-state index contributed by atoms with van der Waals surface area (Å²) >= 11 is 0. The van der Waals surface area contributed by atoms with E-state index in [0.29, 0.717) is 0 Å². The van der Waals surface area contributed by atoms with E-state index in [1.54, 1.807) is 0 Å². The third-order valence-electron chi connectivity index (χ3n) is 12.7. The van der Waals surface area contributed by atoms with Gasteiger partial charge in [0.15, 0.2) is 0 Å². The molecule has 0 aliphatic heterocycles. The van der Waals surface area contributed by atoms with Gasteiger partial charge in [0.1, 0.15) is 0 Å². The van der Waals surface area contributed by atoms with E-state index in [9.17, 15) is 0 Å². The predicted octanol–water partition coefficient (Wildman–Crippen LogP) is 14.6. The lowest BCUT2D eigenvalue weighted by Crippen LogP contribution is -2.00. The van der Waals surface area contributed by atoms with Crippen LogP contribution in [0.4, 0.5) is 0 Å². The van der Waals surface area contributed by atoms with Crippen molar-refractivity contribution in [1.82, 2.24) is 9.13 Å². The van der Waals surface area contributed by atoms with Crippen LogP contribution in [-0.4, -0.2) is 9.13 Å². The number of para-hydroxylation sites is 3. The third-order valence-corrected chi connectivity index (χ3v) is 12.7. The first-order valence-electron chi connectivity index (χ1n) is 19.9. The molecule has 0 fully saturated rings. The lowest BCUT2D eigenvalue weighted by Gasteiger charge is -2.18. The molecule has 2 nitrogen and oxygen atoms in total. The molecule has 1 aliphatic rings. The van der Waals surface area contributed by atoms with Crippen LogP contribution >= 0.6 is 0 Å². The molecular weight excluding hydrogens is 689 g/mol. The number of rotatable bonds is 3. The Bertz CT molecular complexity index is 3620. The summed E-state index contributed by atoms with van der Waals surface area (Å²) in [6.07, 6.45) is 0.914. The predicted molar refractivity (Wildman–Crippen MR) is 241 cm³/mol. The van der Waals surface area contributed by atoms with Crippen molar-refractivity contribution >= 4 is 75.9 Å². The Labute approximate surface area is 329 Å². The number of hydrogen-bond acceptors (Lipinski definition) is 0. The van der Waals surface area contributed by atoms with E-state index in [4.69, 9.17) is 0 Å². The van der Waals surface area contributed by atoms with Crippen LogP contribution in [0.2, 0.25) is 0 Å². The van der Waals surface area contributed by atoms with Crippen molar-refractivity contribution in [3.63, 3.8) is 0 Å². The molecule has 2 heterocycles. The summed E-state index contributed by atoms with van der Waals surface area (Å²) in [6.45, 7) is 0. The van der Waals surface area contributed by atoms with E-state index in [2.05, 4.69) is 203 Å². The minimum absolute atomic E-state index is 0.914. The van der Waals surface area contributed by atoms with Crippen LogP contribution in [0.5, 0.6) is 0 Å². The van der Waals surface area contributed by atoms with Crippen molar-refractivity contribution in [2.45, 2.75) is 6.42 Å². The van der Waals surface area contributed by atoms with Gasteiger partial charge in [-0.25, -0.2) is 0 Å². The second-order valence-electron chi connectivity index (χ2n) is 15.6. The van der Waals surface area contributed by atoms with E-state index < -0.39 is 0 Å². The fraction of sp³-hybridized carbons (Fsp3) is 0.0182. The summed E-state index contributed by atoms with van der Waals surface area (Å²) in [4.78, 5) is 0. The lowest BCUT2D eigenvalue weighted by atomic mass is 9.90. The molecule has 13 rings (SSSR count). The van der Waals surface area contributed by atoms with E-state index in [0.717, 1.165) is 12.1 Å². The van der Waals surface area contributed by atoms with Gasteiger partial charge < -0.3 is 9.13 Å². The first-order valence-corrected chi connectivity index (χ1v) is 19.9. The zero-order chi connectivity index (χ0) is 37.2. The van der Waals surface area contributed by atoms with Crippen LogP contribution in [-0.2, 0) is 6.42 Å². The second-order valence-corrected chi connectivity index (χ2v) is 15.6. The van der Waals surface area contributed by atoms with Gasteiger partial charge in [0.25, 0.3) is 0 Å². The number of fused-ring (bicyclic) bond motifs is 16. The van der Waals surface area contributed by atoms with E-state index in [1.165, 1.54) is 115 Å². The van der Waals surface area contributed by atoms with Crippen LogP contribution in [0.25, 0.3) is 110 Å². The van der Waals surface area contributed by atoms with Crippen molar-refractivity contribution in [1.29, 1.82) is 0 Å². The fourth-order valence-corrected chi connectivity index (χ4v) is 10.3. The van der Waals surface area contributed by atoms with Gasteiger partial charge in [-0.1, -0.05) is 152 Å². The largest absolute Gasteiger partial charge is 0.307 e. The highest BCUT2D eigenvalue weighted by Gasteiger charge is 2.26.